The van der Waals surface area contributed by atoms with E-state index in [9.17, 15) is 4.79 Å². The van der Waals surface area contributed by atoms with Crippen LogP contribution in [0.25, 0.3) is 11.4 Å². The highest BCUT2D eigenvalue weighted by Gasteiger charge is 2.26. The number of carbonyl (C=O) groups is 1. The molecule has 0 bridgehead atoms. The molecule has 1 aromatic carbocycles. The van der Waals surface area contributed by atoms with Crippen LogP contribution in [-0.4, -0.2) is 29.8 Å². The van der Waals surface area contributed by atoms with Crippen LogP contribution in [0.2, 0.25) is 0 Å². The minimum atomic E-state index is -0.261. The van der Waals surface area contributed by atoms with Crippen molar-refractivity contribution in [1.82, 2.24) is 15.5 Å². The summed E-state index contributed by atoms with van der Waals surface area (Å²) in [4.78, 5) is 16.7. The molecule has 27 heavy (non-hydrogen) atoms. The van der Waals surface area contributed by atoms with Gasteiger partial charge in [-0.3, -0.25) is 9.78 Å². The largest absolute Gasteiger partial charge is 0.497 e. The number of ether oxygens (including phenoxy) is 2. The summed E-state index contributed by atoms with van der Waals surface area (Å²) in [6, 6.07) is 13.0. The lowest BCUT2D eigenvalue weighted by Crippen LogP contribution is -2.37. The van der Waals surface area contributed by atoms with Crippen molar-refractivity contribution in [1.29, 1.82) is 0 Å². The number of carbonyl (C=O) groups excluding carboxylic acids is 1. The van der Waals surface area contributed by atoms with Gasteiger partial charge in [0, 0.05) is 12.3 Å². The fourth-order valence-electron chi connectivity index (χ4n) is 3.02. The Balaban J connectivity index is 1.37. The van der Waals surface area contributed by atoms with Crippen LogP contribution in [0.3, 0.4) is 0 Å². The summed E-state index contributed by atoms with van der Waals surface area (Å²) >= 11 is 0. The zero-order valence-corrected chi connectivity index (χ0v) is 14.8. The molecule has 0 fully saturated rings. The number of pyridine rings is 1. The van der Waals surface area contributed by atoms with Gasteiger partial charge in [0.15, 0.2) is 5.76 Å². The third-order valence-electron chi connectivity index (χ3n) is 4.47. The lowest BCUT2D eigenvalue weighted by Gasteiger charge is -2.24. The minimum absolute atomic E-state index is 0.0840. The molecule has 3 aromatic rings. The highest BCUT2D eigenvalue weighted by atomic mass is 16.5. The second-order valence-corrected chi connectivity index (χ2v) is 6.30. The molecule has 1 atom stereocenters. The second-order valence-electron chi connectivity index (χ2n) is 6.30. The summed E-state index contributed by atoms with van der Waals surface area (Å²) in [6.07, 6.45) is 2.30. The Morgan fingerprint density at radius 3 is 3.00 bits per heavy atom. The molecular formula is C20H19N3O4. The van der Waals surface area contributed by atoms with Crippen LogP contribution in [0.5, 0.6) is 11.5 Å². The summed E-state index contributed by atoms with van der Waals surface area (Å²) in [5.74, 6) is 1.78. The number of rotatable bonds is 5. The van der Waals surface area contributed by atoms with Gasteiger partial charge in [-0.25, -0.2) is 0 Å². The van der Waals surface area contributed by atoms with E-state index in [4.69, 9.17) is 14.0 Å². The number of fused-ring (bicyclic) bond motifs is 1. The number of methoxy groups -OCH3 is 1. The van der Waals surface area contributed by atoms with Crippen molar-refractivity contribution in [2.24, 2.45) is 5.92 Å². The molecule has 1 amide bonds. The zero-order chi connectivity index (χ0) is 18.6. The maximum Gasteiger partial charge on any atom is 0.227 e. The maximum absolute atomic E-state index is 12.5. The Morgan fingerprint density at radius 2 is 2.19 bits per heavy atom. The van der Waals surface area contributed by atoms with Crippen molar-refractivity contribution in [3.63, 3.8) is 0 Å². The number of nitrogens with zero attached hydrogens (tertiary/aromatic N) is 2. The van der Waals surface area contributed by atoms with Gasteiger partial charge in [0.2, 0.25) is 5.91 Å². The van der Waals surface area contributed by atoms with Crippen LogP contribution in [0, 0.1) is 5.92 Å². The Kier molecular flexibility index (Phi) is 4.74. The average Bonchev–Trinajstić information content (AvgIpc) is 3.21. The molecule has 4 rings (SSSR count). The second kappa shape index (κ2) is 7.49. The van der Waals surface area contributed by atoms with E-state index in [2.05, 4.69) is 15.5 Å². The molecule has 0 saturated carbocycles. The van der Waals surface area contributed by atoms with Crippen LogP contribution >= 0.6 is 0 Å². The van der Waals surface area contributed by atoms with E-state index in [1.165, 1.54) is 0 Å². The molecule has 7 heteroatoms. The molecule has 0 unspecified atom stereocenters. The van der Waals surface area contributed by atoms with Crippen molar-refractivity contribution in [3.05, 3.63) is 60.0 Å². The molecular weight excluding hydrogens is 346 g/mol. The van der Waals surface area contributed by atoms with Crippen molar-refractivity contribution >= 4 is 5.91 Å². The summed E-state index contributed by atoms with van der Waals surface area (Å²) in [5, 5.41) is 6.89. The summed E-state index contributed by atoms with van der Waals surface area (Å²) in [6.45, 7) is 0.612. The zero-order valence-electron chi connectivity index (χ0n) is 14.8. The monoisotopic (exact) mass is 365 g/mol. The quantitative estimate of drug-likeness (QED) is 0.748. The summed E-state index contributed by atoms with van der Waals surface area (Å²) in [5.41, 5.74) is 2.34. The Labute approximate surface area is 156 Å². The first-order valence-corrected chi connectivity index (χ1v) is 8.67. The number of benzene rings is 1. The molecule has 1 aliphatic rings. The van der Waals surface area contributed by atoms with Crippen LogP contribution in [0.15, 0.2) is 53.2 Å². The van der Waals surface area contributed by atoms with E-state index < -0.39 is 0 Å². The van der Waals surface area contributed by atoms with Crippen molar-refractivity contribution in [2.75, 3.05) is 13.7 Å². The fraction of sp³-hybridized carbons (Fsp3) is 0.250. The van der Waals surface area contributed by atoms with E-state index in [-0.39, 0.29) is 18.4 Å². The molecule has 0 spiro atoms. The lowest BCUT2D eigenvalue weighted by molar-refractivity contribution is -0.126. The molecule has 138 valence electrons. The van der Waals surface area contributed by atoms with Gasteiger partial charge in [0.05, 0.1) is 25.3 Å². The van der Waals surface area contributed by atoms with E-state index in [0.717, 1.165) is 22.8 Å². The van der Waals surface area contributed by atoms with Crippen molar-refractivity contribution < 1.29 is 18.8 Å². The van der Waals surface area contributed by atoms with Crippen LogP contribution in [0.4, 0.5) is 0 Å². The number of amides is 1. The van der Waals surface area contributed by atoms with E-state index in [1.807, 2.05) is 36.4 Å². The Morgan fingerprint density at radius 1 is 1.26 bits per heavy atom. The Bertz CT molecular complexity index is 939. The van der Waals surface area contributed by atoms with E-state index >= 15 is 0 Å². The van der Waals surface area contributed by atoms with Crippen molar-refractivity contribution in [2.45, 2.75) is 13.0 Å². The van der Waals surface area contributed by atoms with Crippen LogP contribution < -0.4 is 14.8 Å². The molecule has 1 aliphatic heterocycles. The average molecular weight is 365 g/mol. The fourth-order valence-corrected chi connectivity index (χ4v) is 3.02. The third-order valence-corrected chi connectivity index (χ3v) is 4.47. The smallest absolute Gasteiger partial charge is 0.227 e. The first kappa shape index (κ1) is 17.1. The topological polar surface area (TPSA) is 86.5 Å². The minimum Gasteiger partial charge on any atom is -0.497 e. The van der Waals surface area contributed by atoms with Gasteiger partial charge in [0.1, 0.15) is 23.8 Å². The van der Waals surface area contributed by atoms with Gasteiger partial charge in [-0.1, -0.05) is 11.2 Å². The lowest BCUT2D eigenvalue weighted by atomic mass is 9.96. The standard InChI is InChI=1S/C20H19N3O4/c1-25-15-5-6-19-13(9-15)8-14(12-26-19)20(24)22-11-16-10-18(23-27-16)17-4-2-3-7-21-17/h2-7,9-10,14H,8,11-12H2,1H3,(H,22,24)/t14-/m1/s1. The SMILES string of the molecule is COc1ccc2c(c1)C[C@@H](C(=O)NCc1cc(-c3ccccn3)no1)CO2. The van der Waals surface area contributed by atoms with Crippen LogP contribution in [-0.2, 0) is 17.8 Å². The predicted molar refractivity (Wildman–Crippen MR) is 97.3 cm³/mol. The van der Waals surface area contributed by atoms with Gasteiger partial charge >= 0.3 is 0 Å². The highest BCUT2D eigenvalue weighted by Crippen LogP contribution is 2.30. The van der Waals surface area contributed by atoms with Gasteiger partial charge in [-0.2, -0.15) is 0 Å². The number of hydrogen-bond acceptors (Lipinski definition) is 6. The molecule has 0 radical (unpaired) electrons. The number of hydrogen-bond donors (Lipinski definition) is 1. The number of aromatic nitrogens is 2. The van der Waals surface area contributed by atoms with Crippen LogP contribution in [0.1, 0.15) is 11.3 Å². The van der Waals surface area contributed by atoms with Gasteiger partial charge in [0.25, 0.3) is 0 Å². The van der Waals surface area contributed by atoms with Gasteiger partial charge in [-0.05, 0) is 42.3 Å². The first-order chi connectivity index (χ1) is 13.2. The molecule has 2 aromatic heterocycles. The normalized spacial score (nSPS) is 15.5. The summed E-state index contributed by atoms with van der Waals surface area (Å²) < 4.78 is 16.2. The Hall–Kier alpha value is -3.35. The highest BCUT2D eigenvalue weighted by molar-refractivity contribution is 5.79. The summed E-state index contributed by atoms with van der Waals surface area (Å²) in [7, 11) is 1.62. The molecule has 1 N–H and O–H groups in total. The maximum atomic E-state index is 12.5. The van der Waals surface area contributed by atoms with Gasteiger partial charge < -0.3 is 19.3 Å². The third kappa shape index (κ3) is 3.76. The van der Waals surface area contributed by atoms with Crippen molar-refractivity contribution in [3.8, 4) is 22.9 Å². The molecule has 0 saturated heterocycles. The predicted octanol–water partition coefficient (Wildman–Crippen LogP) is 2.61. The van der Waals surface area contributed by atoms with Gasteiger partial charge in [-0.15, -0.1) is 0 Å². The molecule has 7 nitrogen and oxygen atoms in total. The van der Waals surface area contributed by atoms with E-state index in [1.54, 1.807) is 19.4 Å². The van der Waals surface area contributed by atoms with E-state index in [0.29, 0.717) is 24.5 Å². The molecule has 0 aliphatic carbocycles. The first-order valence-electron chi connectivity index (χ1n) is 8.67. The number of nitrogens with one attached hydrogen (secondary N) is 1. The molecule has 3 heterocycles.